The number of carbonyl (C=O) groups is 2. The van der Waals surface area contributed by atoms with Gasteiger partial charge in [0.2, 0.25) is 0 Å². The van der Waals surface area contributed by atoms with Gasteiger partial charge in [-0.05, 0) is 41.0 Å². The lowest BCUT2D eigenvalue weighted by Gasteiger charge is -2.49. The molecule has 1 aliphatic rings. The average molecular weight is 554 g/mol. The van der Waals surface area contributed by atoms with Gasteiger partial charge in [-0.3, -0.25) is 9.59 Å². The number of unbranched alkanes of at least 4 members (excludes halogenated alkanes) is 1. The van der Waals surface area contributed by atoms with E-state index in [1.165, 1.54) is 27.6 Å². The summed E-state index contributed by atoms with van der Waals surface area (Å²) in [6, 6.07) is 21.0. The Morgan fingerprint density at radius 1 is 1.05 bits per heavy atom. The molecule has 2 amide bonds. The summed E-state index contributed by atoms with van der Waals surface area (Å²) in [6.45, 7) is 2.62. The van der Waals surface area contributed by atoms with Crippen molar-refractivity contribution in [1.29, 1.82) is 0 Å². The maximum Gasteiger partial charge on any atom is 0.409 e. The molecular formula is C31H28FN5O4. The number of fused-ring (bicyclic) bond motifs is 2. The van der Waals surface area contributed by atoms with Gasteiger partial charge in [0.05, 0.1) is 31.6 Å². The van der Waals surface area contributed by atoms with E-state index in [1.807, 2.05) is 49.4 Å². The maximum absolute atomic E-state index is 13.7. The highest BCUT2D eigenvalue weighted by Gasteiger charge is 2.48. The Morgan fingerprint density at radius 2 is 1.80 bits per heavy atom. The van der Waals surface area contributed by atoms with E-state index in [4.69, 9.17) is 4.74 Å². The van der Waals surface area contributed by atoms with Crippen molar-refractivity contribution in [2.75, 3.05) is 19.7 Å². The largest absolute Gasteiger partial charge is 0.449 e. The van der Waals surface area contributed by atoms with Crippen LogP contribution in [-0.2, 0) is 10.3 Å². The van der Waals surface area contributed by atoms with E-state index in [1.54, 1.807) is 18.3 Å². The van der Waals surface area contributed by atoms with Crippen molar-refractivity contribution >= 4 is 28.3 Å². The number of H-pyrrole nitrogens is 1. The van der Waals surface area contributed by atoms with E-state index in [2.05, 4.69) is 15.4 Å². The Morgan fingerprint density at radius 3 is 2.56 bits per heavy atom. The fourth-order valence-corrected chi connectivity index (χ4v) is 5.13. The van der Waals surface area contributed by atoms with Gasteiger partial charge in [0, 0.05) is 11.6 Å². The van der Waals surface area contributed by atoms with Gasteiger partial charge in [-0.15, -0.1) is 0 Å². The lowest BCUT2D eigenvalue weighted by atomic mass is 9.82. The number of halogens is 1. The summed E-state index contributed by atoms with van der Waals surface area (Å²) >= 11 is 0. The molecule has 5 aromatic rings. The molecule has 2 N–H and O–H groups in total. The van der Waals surface area contributed by atoms with Crippen LogP contribution >= 0.6 is 0 Å². The molecule has 6 rings (SSSR count). The minimum absolute atomic E-state index is 0.0385. The monoisotopic (exact) mass is 553 g/mol. The number of benzene rings is 3. The number of nitrogens with one attached hydrogen (secondary N) is 2. The molecule has 0 aliphatic carbocycles. The second kappa shape index (κ2) is 10.5. The first-order valence-corrected chi connectivity index (χ1v) is 13.5. The molecule has 1 fully saturated rings. The molecule has 1 saturated heterocycles. The van der Waals surface area contributed by atoms with Gasteiger partial charge in [0.25, 0.3) is 11.5 Å². The number of rotatable bonds is 7. The Balaban J connectivity index is 1.27. The van der Waals surface area contributed by atoms with Crippen LogP contribution in [0.25, 0.3) is 27.5 Å². The predicted molar refractivity (Wildman–Crippen MR) is 152 cm³/mol. The summed E-state index contributed by atoms with van der Waals surface area (Å²) in [5.74, 6) is -0.934. The van der Waals surface area contributed by atoms with Crippen molar-refractivity contribution in [2.24, 2.45) is 0 Å². The highest BCUT2D eigenvalue weighted by molar-refractivity contribution is 5.94. The van der Waals surface area contributed by atoms with Crippen LogP contribution in [0.5, 0.6) is 0 Å². The molecule has 0 radical (unpaired) electrons. The predicted octanol–water partition coefficient (Wildman–Crippen LogP) is 4.86. The first-order chi connectivity index (χ1) is 19.8. The Bertz CT molecular complexity index is 1820. The summed E-state index contributed by atoms with van der Waals surface area (Å²) < 4.78 is 20.4. The third-order valence-corrected chi connectivity index (χ3v) is 7.41. The fourth-order valence-electron chi connectivity index (χ4n) is 5.13. The highest BCUT2D eigenvalue weighted by atomic mass is 19.1. The van der Waals surface area contributed by atoms with Gasteiger partial charge in [-0.25, -0.2) is 13.7 Å². The third kappa shape index (κ3) is 5.04. The quantitative estimate of drug-likeness (QED) is 0.280. The van der Waals surface area contributed by atoms with Crippen LogP contribution in [0.2, 0.25) is 0 Å². The number of hydrogen-bond acceptors (Lipinski definition) is 5. The van der Waals surface area contributed by atoms with Gasteiger partial charge in [0.1, 0.15) is 16.9 Å². The summed E-state index contributed by atoms with van der Waals surface area (Å²) in [6.07, 6.45) is 2.86. The molecule has 1 aliphatic heterocycles. The first-order valence-electron chi connectivity index (χ1n) is 13.5. The lowest BCUT2D eigenvalue weighted by Crippen LogP contribution is -2.69. The van der Waals surface area contributed by atoms with Crippen molar-refractivity contribution in [3.8, 4) is 11.3 Å². The number of ether oxygens (including phenoxy) is 1. The number of aromatic nitrogens is 3. The Labute approximate surface area is 234 Å². The second-order valence-electron chi connectivity index (χ2n) is 10.3. The van der Waals surface area contributed by atoms with E-state index in [0.717, 1.165) is 29.2 Å². The fraction of sp³-hybridized carbons (Fsp3) is 0.226. The van der Waals surface area contributed by atoms with Crippen LogP contribution in [0.3, 0.4) is 0 Å². The van der Waals surface area contributed by atoms with Gasteiger partial charge in [-0.1, -0.05) is 61.9 Å². The summed E-state index contributed by atoms with van der Waals surface area (Å²) in [5.41, 5.74) is 0.904. The molecule has 0 saturated carbocycles. The number of aromatic amines is 1. The molecular weight excluding hydrogens is 525 g/mol. The van der Waals surface area contributed by atoms with Crippen molar-refractivity contribution in [1.82, 2.24) is 24.8 Å². The number of likely N-dealkylation sites (tertiary alicyclic amines) is 1. The molecule has 9 nitrogen and oxygen atoms in total. The first kappa shape index (κ1) is 26.2. The third-order valence-electron chi connectivity index (χ3n) is 7.41. The van der Waals surface area contributed by atoms with Gasteiger partial charge in [0.15, 0.2) is 5.69 Å². The normalized spacial score (nSPS) is 14.1. The summed E-state index contributed by atoms with van der Waals surface area (Å²) in [4.78, 5) is 43.3. The van der Waals surface area contributed by atoms with E-state index < -0.39 is 23.4 Å². The number of nitrogens with zero attached hydrogens (tertiary/aromatic N) is 3. The topological polar surface area (TPSA) is 109 Å². The van der Waals surface area contributed by atoms with Crippen LogP contribution in [0.15, 0.2) is 83.8 Å². The van der Waals surface area contributed by atoms with Crippen LogP contribution in [0.4, 0.5) is 9.18 Å². The molecule has 0 bridgehead atoms. The molecule has 3 aromatic carbocycles. The van der Waals surface area contributed by atoms with Crippen molar-refractivity contribution in [3.05, 3.63) is 106 Å². The second-order valence-corrected chi connectivity index (χ2v) is 10.3. The zero-order valence-corrected chi connectivity index (χ0v) is 22.4. The SMILES string of the molecule is CCCCOC(=O)N1CC(NC(=O)c2cc3c(=O)[nH]c(-c4ccc5ccccc5c4)cn3n2)(c2ccc(F)cc2)C1. The smallest absolute Gasteiger partial charge is 0.409 e. The molecule has 41 heavy (non-hydrogen) atoms. The average Bonchev–Trinajstić information content (AvgIpc) is 3.40. The molecule has 0 unspecified atom stereocenters. The zero-order valence-electron chi connectivity index (χ0n) is 22.4. The molecule has 3 heterocycles. The highest BCUT2D eigenvalue weighted by Crippen LogP contribution is 2.33. The van der Waals surface area contributed by atoms with Gasteiger partial charge in [-0.2, -0.15) is 5.10 Å². The van der Waals surface area contributed by atoms with Crippen LogP contribution in [0, 0.1) is 5.82 Å². The van der Waals surface area contributed by atoms with Crippen molar-refractivity contribution < 1.29 is 18.7 Å². The molecule has 2 aromatic heterocycles. The molecule has 208 valence electrons. The van der Waals surface area contributed by atoms with Crippen molar-refractivity contribution in [2.45, 2.75) is 25.3 Å². The maximum atomic E-state index is 13.7. The minimum atomic E-state index is -0.965. The minimum Gasteiger partial charge on any atom is -0.449 e. The Kier molecular flexibility index (Phi) is 6.74. The van der Waals surface area contributed by atoms with Crippen LogP contribution in [0.1, 0.15) is 35.8 Å². The van der Waals surface area contributed by atoms with E-state index in [9.17, 15) is 18.8 Å². The molecule has 10 heteroatoms. The number of amides is 2. The van der Waals surface area contributed by atoms with Crippen LogP contribution < -0.4 is 10.9 Å². The van der Waals surface area contributed by atoms with E-state index in [0.29, 0.717) is 17.9 Å². The summed E-state index contributed by atoms with van der Waals surface area (Å²) in [5, 5.41) is 9.49. The number of hydrogen-bond donors (Lipinski definition) is 2. The molecule has 0 spiro atoms. The van der Waals surface area contributed by atoms with Gasteiger partial charge >= 0.3 is 6.09 Å². The Hall–Kier alpha value is -4.99. The van der Waals surface area contributed by atoms with E-state index >= 15 is 0 Å². The zero-order chi connectivity index (χ0) is 28.6. The summed E-state index contributed by atoms with van der Waals surface area (Å²) in [7, 11) is 0. The number of carbonyl (C=O) groups excluding carboxylic acids is 2. The van der Waals surface area contributed by atoms with Gasteiger partial charge < -0.3 is 19.9 Å². The standard InChI is InChI=1S/C31H28FN5O4/c1-2-3-14-41-30(40)36-18-31(19-36,23-10-12-24(32)13-11-23)34-28(38)25-16-27-29(39)33-26(17-37(27)35-25)22-9-8-20-6-4-5-7-21(20)15-22/h4-13,15-17H,2-3,14,18-19H2,1H3,(H,33,39)(H,34,38). The van der Waals surface area contributed by atoms with Crippen LogP contribution in [-0.4, -0.2) is 51.2 Å². The van der Waals surface area contributed by atoms with E-state index in [-0.39, 0.29) is 29.9 Å². The molecule has 0 atom stereocenters. The lowest BCUT2D eigenvalue weighted by molar-refractivity contribution is 0.0207. The van der Waals surface area contributed by atoms with Crippen molar-refractivity contribution in [3.63, 3.8) is 0 Å².